The standard InChI is InChI=1S/C24H23FN2O4/c25-16-9-7-14(8-10-16)22-19-3-1-2-4-20(19)27-23(15-5-6-15)24(22)26-13-18(29)11-17(28)12-21(30)31/h1-4,7-10,13,15,17-18,28-29H,5-6,11-12H2,(H,30,31). The van der Waals surface area contributed by atoms with Crippen LogP contribution in [0, 0.1) is 5.82 Å². The van der Waals surface area contributed by atoms with Crippen molar-refractivity contribution >= 4 is 28.8 Å². The molecule has 0 radical (unpaired) electrons. The van der Waals surface area contributed by atoms with Crippen molar-refractivity contribution in [1.82, 2.24) is 4.98 Å². The number of carboxylic acids is 1. The van der Waals surface area contributed by atoms with Crippen molar-refractivity contribution in [2.45, 2.75) is 43.8 Å². The fraction of sp³-hybridized carbons (Fsp3) is 0.292. The molecule has 3 aromatic rings. The highest BCUT2D eigenvalue weighted by atomic mass is 19.1. The van der Waals surface area contributed by atoms with Gasteiger partial charge in [-0.2, -0.15) is 0 Å². The van der Waals surface area contributed by atoms with Gasteiger partial charge in [-0.05, 0) is 36.6 Å². The summed E-state index contributed by atoms with van der Waals surface area (Å²) in [4.78, 5) is 20.1. The molecule has 2 aromatic carbocycles. The summed E-state index contributed by atoms with van der Waals surface area (Å²) >= 11 is 0. The first-order valence-corrected chi connectivity index (χ1v) is 10.2. The molecule has 1 aromatic heterocycles. The molecule has 4 rings (SSSR count). The summed E-state index contributed by atoms with van der Waals surface area (Å²) in [5.41, 5.74) is 3.85. The van der Waals surface area contributed by atoms with E-state index in [9.17, 15) is 19.4 Å². The molecule has 7 heteroatoms. The zero-order valence-corrected chi connectivity index (χ0v) is 16.8. The van der Waals surface area contributed by atoms with Gasteiger partial charge in [0.25, 0.3) is 0 Å². The maximum Gasteiger partial charge on any atom is 0.305 e. The van der Waals surface area contributed by atoms with Crippen LogP contribution < -0.4 is 0 Å². The minimum atomic E-state index is -1.17. The Morgan fingerprint density at radius 1 is 1.16 bits per heavy atom. The fourth-order valence-corrected chi connectivity index (χ4v) is 3.69. The van der Waals surface area contributed by atoms with Gasteiger partial charge in [0.05, 0.1) is 35.5 Å². The lowest BCUT2D eigenvalue weighted by Gasteiger charge is -2.15. The second kappa shape index (κ2) is 8.91. The van der Waals surface area contributed by atoms with Gasteiger partial charge in [-0.15, -0.1) is 0 Å². The Morgan fingerprint density at radius 3 is 2.55 bits per heavy atom. The van der Waals surface area contributed by atoms with Crippen LogP contribution >= 0.6 is 0 Å². The van der Waals surface area contributed by atoms with Crippen LogP contribution in [-0.4, -0.2) is 44.7 Å². The van der Waals surface area contributed by atoms with Crippen molar-refractivity contribution in [3.05, 3.63) is 60.0 Å². The van der Waals surface area contributed by atoms with Crippen molar-refractivity contribution in [3.8, 4) is 11.1 Å². The van der Waals surface area contributed by atoms with Gasteiger partial charge in [0, 0.05) is 29.5 Å². The number of halogens is 1. The van der Waals surface area contributed by atoms with Crippen molar-refractivity contribution < 1.29 is 24.5 Å². The molecule has 2 atom stereocenters. The van der Waals surface area contributed by atoms with Crippen LogP contribution in [0.4, 0.5) is 10.1 Å². The second-order valence-corrected chi connectivity index (χ2v) is 7.85. The lowest BCUT2D eigenvalue weighted by molar-refractivity contribution is -0.139. The third-order valence-corrected chi connectivity index (χ3v) is 5.29. The molecule has 1 fully saturated rings. The number of nitrogens with zero attached hydrogens (tertiary/aromatic N) is 2. The molecule has 0 spiro atoms. The van der Waals surface area contributed by atoms with Crippen molar-refractivity contribution in [2.75, 3.05) is 0 Å². The predicted octanol–water partition coefficient (Wildman–Crippen LogP) is 4.21. The minimum absolute atomic E-state index is 0.137. The van der Waals surface area contributed by atoms with Crippen molar-refractivity contribution in [3.63, 3.8) is 0 Å². The third kappa shape index (κ3) is 4.95. The molecule has 2 unspecified atom stereocenters. The molecule has 0 saturated heterocycles. The van der Waals surface area contributed by atoms with E-state index in [0.717, 1.165) is 40.6 Å². The number of hydrogen-bond donors (Lipinski definition) is 3. The smallest absolute Gasteiger partial charge is 0.305 e. The summed E-state index contributed by atoms with van der Waals surface area (Å²) in [5.74, 6) is -1.20. The van der Waals surface area contributed by atoms with Crippen LogP contribution in [0.3, 0.4) is 0 Å². The molecule has 1 aliphatic carbocycles. The summed E-state index contributed by atoms with van der Waals surface area (Å²) < 4.78 is 13.6. The van der Waals surface area contributed by atoms with Gasteiger partial charge in [-0.1, -0.05) is 30.3 Å². The average Bonchev–Trinajstić information content (AvgIpc) is 3.56. The van der Waals surface area contributed by atoms with E-state index in [1.165, 1.54) is 18.3 Å². The number of hydrogen-bond acceptors (Lipinski definition) is 5. The Balaban J connectivity index is 1.79. The first-order valence-electron chi connectivity index (χ1n) is 10.2. The lowest BCUT2D eigenvalue weighted by Crippen LogP contribution is -2.21. The SMILES string of the molecule is O=C(O)CC(O)CC(O)C=Nc1c(C2CC2)nc2ccccc2c1-c1ccc(F)cc1. The van der Waals surface area contributed by atoms with Crippen LogP contribution in [0.2, 0.25) is 0 Å². The lowest BCUT2D eigenvalue weighted by atomic mass is 9.96. The van der Waals surface area contributed by atoms with Crippen molar-refractivity contribution in [1.29, 1.82) is 0 Å². The molecule has 1 heterocycles. The Morgan fingerprint density at radius 2 is 1.87 bits per heavy atom. The van der Waals surface area contributed by atoms with Gasteiger partial charge in [-0.3, -0.25) is 14.8 Å². The molecule has 1 aliphatic rings. The molecule has 0 bridgehead atoms. The number of fused-ring (bicyclic) bond motifs is 1. The first-order chi connectivity index (χ1) is 14.9. The Labute approximate surface area is 178 Å². The molecule has 1 saturated carbocycles. The van der Waals surface area contributed by atoms with Crippen molar-refractivity contribution in [2.24, 2.45) is 4.99 Å². The van der Waals surface area contributed by atoms with Gasteiger partial charge in [0.1, 0.15) is 5.82 Å². The van der Waals surface area contributed by atoms with E-state index in [2.05, 4.69) is 4.99 Å². The Kier molecular flexibility index (Phi) is 6.06. The Hall–Kier alpha value is -3.16. The number of aliphatic imine (C=N–C) groups is 1. The summed E-state index contributed by atoms with van der Waals surface area (Å²) in [6.07, 6.45) is 0.433. The summed E-state index contributed by atoms with van der Waals surface area (Å²) in [6, 6.07) is 13.9. The number of carbonyl (C=O) groups is 1. The topological polar surface area (TPSA) is 103 Å². The van der Waals surface area contributed by atoms with E-state index in [0.29, 0.717) is 5.69 Å². The number of aromatic nitrogens is 1. The van der Waals surface area contributed by atoms with E-state index in [-0.39, 0.29) is 18.2 Å². The van der Waals surface area contributed by atoms with E-state index >= 15 is 0 Å². The fourth-order valence-electron chi connectivity index (χ4n) is 3.69. The third-order valence-electron chi connectivity index (χ3n) is 5.29. The van der Waals surface area contributed by atoms with Gasteiger partial charge in [-0.25, -0.2) is 4.39 Å². The van der Waals surface area contributed by atoms with E-state index < -0.39 is 24.6 Å². The molecule has 0 amide bonds. The highest BCUT2D eigenvalue weighted by Gasteiger charge is 2.30. The number of rotatable bonds is 8. The van der Waals surface area contributed by atoms with E-state index in [4.69, 9.17) is 10.1 Å². The minimum Gasteiger partial charge on any atom is -0.481 e. The number of para-hydroxylation sites is 1. The molecule has 31 heavy (non-hydrogen) atoms. The molecular formula is C24H23FN2O4. The quantitative estimate of drug-likeness (QED) is 0.472. The first kappa shape index (κ1) is 21.1. The number of benzene rings is 2. The van der Waals surface area contributed by atoms with Crippen LogP contribution in [0.5, 0.6) is 0 Å². The van der Waals surface area contributed by atoms with Gasteiger partial charge < -0.3 is 15.3 Å². The molecular weight excluding hydrogens is 399 g/mol. The number of carboxylic acid groups (broad SMARTS) is 1. The zero-order chi connectivity index (χ0) is 22.0. The number of pyridine rings is 1. The van der Waals surface area contributed by atoms with Gasteiger partial charge >= 0.3 is 5.97 Å². The normalized spacial score (nSPS) is 16.0. The number of aliphatic carboxylic acids is 1. The van der Waals surface area contributed by atoms with Gasteiger partial charge in [0.2, 0.25) is 0 Å². The van der Waals surface area contributed by atoms with Crippen LogP contribution in [0.15, 0.2) is 53.5 Å². The summed E-state index contributed by atoms with van der Waals surface area (Å²) in [6.45, 7) is 0. The average molecular weight is 422 g/mol. The second-order valence-electron chi connectivity index (χ2n) is 7.85. The highest BCUT2D eigenvalue weighted by molar-refractivity contribution is 6.01. The Bertz CT molecular complexity index is 1130. The monoisotopic (exact) mass is 422 g/mol. The maximum absolute atomic E-state index is 13.6. The highest BCUT2D eigenvalue weighted by Crippen LogP contribution is 2.48. The maximum atomic E-state index is 13.6. The zero-order valence-electron chi connectivity index (χ0n) is 16.8. The number of aliphatic hydroxyl groups excluding tert-OH is 2. The largest absolute Gasteiger partial charge is 0.481 e. The van der Waals surface area contributed by atoms with E-state index in [1.807, 2.05) is 24.3 Å². The molecule has 6 nitrogen and oxygen atoms in total. The predicted molar refractivity (Wildman–Crippen MR) is 116 cm³/mol. The van der Waals surface area contributed by atoms with Crippen LogP contribution in [-0.2, 0) is 4.79 Å². The summed E-state index contributed by atoms with van der Waals surface area (Å²) in [7, 11) is 0. The van der Waals surface area contributed by atoms with Crippen LogP contribution in [0.25, 0.3) is 22.0 Å². The van der Waals surface area contributed by atoms with Crippen LogP contribution in [0.1, 0.15) is 37.3 Å². The van der Waals surface area contributed by atoms with E-state index in [1.54, 1.807) is 12.1 Å². The number of aliphatic hydroxyl groups is 2. The molecule has 0 aliphatic heterocycles. The molecule has 160 valence electrons. The summed E-state index contributed by atoms with van der Waals surface area (Å²) in [5, 5.41) is 29.7. The van der Waals surface area contributed by atoms with Gasteiger partial charge in [0.15, 0.2) is 0 Å². The molecule has 3 N–H and O–H groups in total.